The minimum atomic E-state index is -3.90. The summed E-state index contributed by atoms with van der Waals surface area (Å²) in [6.45, 7) is 4.01. The highest BCUT2D eigenvalue weighted by molar-refractivity contribution is 7.92. The summed E-state index contributed by atoms with van der Waals surface area (Å²) in [5.74, 6) is -1.40. The molecule has 0 fully saturated rings. The van der Waals surface area contributed by atoms with Crippen molar-refractivity contribution in [3.05, 3.63) is 59.7 Å². The van der Waals surface area contributed by atoms with E-state index in [4.69, 9.17) is 0 Å². The maximum absolute atomic E-state index is 13.8. The zero-order valence-corrected chi connectivity index (χ0v) is 13.4. The van der Waals surface area contributed by atoms with Crippen LogP contribution in [0.1, 0.15) is 25.3 Å². The van der Waals surface area contributed by atoms with Gasteiger partial charge in [-0.3, -0.25) is 4.31 Å². The van der Waals surface area contributed by atoms with Crippen molar-refractivity contribution >= 4 is 15.7 Å². The van der Waals surface area contributed by atoms with Gasteiger partial charge in [0.25, 0.3) is 10.0 Å². The van der Waals surface area contributed by atoms with Crippen LogP contribution in [-0.4, -0.2) is 15.5 Å². The second-order valence-electron chi connectivity index (χ2n) is 5.29. The van der Waals surface area contributed by atoms with E-state index in [1.807, 2.05) is 13.8 Å². The topological polar surface area (TPSA) is 37.4 Å². The maximum atomic E-state index is 13.8. The average Bonchev–Trinajstić information content (AvgIpc) is 2.46. The van der Waals surface area contributed by atoms with E-state index in [9.17, 15) is 17.2 Å². The lowest BCUT2D eigenvalue weighted by molar-refractivity contribution is 0.577. The van der Waals surface area contributed by atoms with Gasteiger partial charge in [0, 0.05) is 13.1 Å². The molecule has 0 radical (unpaired) electrons. The molecule has 0 spiro atoms. The molecule has 0 aliphatic carbocycles. The normalized spacial score (nSPS) is 11.7. The summed E-state index contributed by atoms with van der Waals surface area (Å²) in [5.41, 5.74) is 0.809. The number of hydrogen-bond donors (Lipinski definition) is 0. The average molecular weight is 325 g/mol. The Balaban J connectivity index is 2.40. The lowest BCUT2D eigenvalue weighted by Gasteiger charge is -2.20. The predicted octanol–water partition coefficient (Wildman–Crippen LogP) is 3.91. The minimum Gasteiger partial charge on any atom is -0.266 e. The SMILES string of the molecule is CC(C)c1ccc(S(=O)(=O)N(C)c2ccc(F)cc2F)cc1. The maximum Gasteiger partial charge on any atom is 0.264 e. The van der Waals surface area contributed by atoms with E-state index in [1.54, 1.807) is 12.1 Å². The molecule has 0 bridgehead atoms. The molecule has 0 saturated carbocycles. The van der Waals surface area contributed by atoms with Gasteiger partial charge >= 0.3 is 0 Å². The molecule has 6 heteroatoms. The Labute approximate surface area is 129 Å². The molecule has 3 nitrogen and oxygen atoms in total. The number of hydrogen-bond acceptors (Lipinski definition) is 2. The zero-order chi connectivity index (χ0) is 16.5. The first kappa shape index (κ1) is 16.4. The second-order valence-corrected chi connectivity index (χ2v) is 7.26. The molecular weight excluding hydrogens is 308 g/mol. The highest BCUT2D eigenvalue weighted by Crippen LogP contribution is 2.26. The fraction of sp³-hybridized carbons (Fsp3) is 0.250. The third kappa shape index (κ3) is 3.11. The van der Waals surface area contributed by atoms with Crippen molar-refractivity contribution < 1.29 is 17.2 Å². The largest absolute Gasteiger partial charge is 0.266 e. The Morgan fingerprint density at radius 2 is 1.59 bits per heavy atom. The van der Waals surface area contributed by atoms with Gasteiger partial charge in [-0.05, 0) is 35.7 Å². The van der Waals surface area contributed by atoms with Gasteiger partial charge in [-0.2, -0.15) is 0 Å². The van der Waals surface area contributed by atoms with Crippen molar-refractivity contribution in [2.45, 2.75) is 24.7 Å². The van der Waals surface area contributed by atoms with Gasteiger partial charge in [0.15, 0.2) is 0 Å². The molecule has 0 aliphatic rings. The first-order chi connectivity index (χ1) is 10.2. The third-order valence-electron chi connectivity index (χ3n) is 3.45. The van der Waals surface area contributed by atoms with Crippen LogP contribution in [0.3, 0.4) is 0 Å². The van der Waals surface area contributed by atoms with Crippen LogP contribution >= 0.6 is 0 Å². The highest BCUT2D eigenvalue weighted by Gasteiger charge is 2.23. The molecule has 0 aromatic heterocycles. The van der Waals surface area contributed by atoms with E-state index < -0.39 is 21.7 Å². The summed E-state index contributed by atoms with van der Waals surface area (Å²) in [6.07, 6.45) is 0. The van der Waals surface area contributed by atoms with E-state index in [1.165, 1.54) is 19.2 Å². The smallest absolute Gasteiger partial charge is 0.264 e. The van der Waals surface area contributed by atoms with Gasteiger partial charge in [-0.1, -0.05) is 26.0 Å². The number of rotatable bonds is 4. The quantitative estimate of drug-likeness (QED) is 0.854. The van der Waals surface area contributed by atoms with E-state index in [0.29, 0.717) is 6.07 Å². The van der Waals surface area contributed by atoms with Gasteiger partial charge in [-0.15, -0.1) is 0 Å². The molecule has 2 rings (SSSR count). The van der Waals surface area contributed by atoms with E-state index in [0.717, 1.165) is 22.0 Å². The molecule has 0 heterocycles. The molecule has 0 saturated heterocycles. The third-order valence-corrected chi connectivity index (χ3v) is 5.24. The monoisotopic (exact) mass is 325 g/mol. The van der Waals surface area contributed by atoms with Gasteiger partial charge in [0.1, 0.15) is 11.6 Å². The molecule has 0 N–H and O–H groups in total. The van der Waals surface area contributed by atoms with Gasteiger partial charge < -0.3 is 0 Å². The molecule has 2 aromatic rings. The van der Waals surface area contributed by atoms with Crippen LogP contribution in [0.2, 0.25) is 0 Å². The van der Waals surface area contributed by atoms with Crippen molar-refractivity contribution in [3.8, 4) is 0 Å². The molecule has 118 valence electrons. The second kappa shape index (κ2) is 6.04. The van der Waals surface area contributed by atoms with Gasteiger partial charge in [0.2, 0.25) is 0 Å². The molecule has 0 amide bonds. The summed E-state index contributed by atoms with van der Waals surface area (Å²) >= 11 is 0. The van der Waals surface area contributed by atoms with Crippen molar-refractivity contribution in [3.63, 3.8) is 0 Å². The summed E-state index contributed by atoms with van der Waals surface area (Å²) in [6, 6.07) is 9.21. The highest BCUT2D eigenvalue weighted by atomic mass is 32.2. The zero-order valence-electron chi connectivity index (χ0n) is 12.5. The molecule has 0 unspecified atom stereocenters. The number of sulfonamides is 1. The standard InChI is InChI=1S/C16H17F2NO2S/c1-11(2)12-4-7-14(8-5-12)22(20,21)19(3)16-9-6-13(17)10-15(16)18/h4-11H,1-3H3. The Kier molecular flexibility index (Phi) is 4.51. The molecule has 0 aliphatic heterocycles. The molecular formula is C16H17F2NO2S. The fourth-order valence-electron chi connectivity index (χ4n) is 2.05. The Morgan fingerprint density at radius 1 is 1.00 bits per heavy atom. The fourth-order valence-corrected chi connectivity index (χ4v) is 3.25. The predicted molar refractivity (Wildman–Crippen MR) is 82.5 cm³/mol. The van der Waals surface area contributed by atoms with E-state index >= 15 is 0 Å². The number of halogens is 2. The summed E-state index contributed by atoms with van der Waals surface area (Å²) < 4.78 is 52.6. The van der Waals surface area contributed by atoms with Gasteiger partial charge in [-0.25, -0.2) is 17.2 Å². The summed E-state index contributed by atoms with van der Waals surface area (Å²) in [5, 5.41) is 0. The van der Waals surface area contributed by atoms with Gasteiger partial charge in [0.05, 0.1) is 10.6 Å². The summed E-state index contributed by atoms with van der Waals surface area (Å²) in [4.78, 5) is 0.0584. The lowest BCUT2D eigenvalue weighted by atomic mass is 10.0. The first-order valence-corrected chi connectivity index (χ1v) is 8.21. The van der Waals surface area contributed by atoms with Crippen LogP contribution in [0, 0.1) is 11.6 Å². The first-order valence-electron chi connectivity index (χ1n) is 6.77. The van der Waals surface area contributed by atoms with Crippen LogP contribution in [0.4, 0.5) is 14.5 Å². The number of anilines is 1. The van der Waals surface area contributed by atoms with Crippen LogP contribution in [-0.2, 0) is 10.0 Å². The van der Waals surface area contributed by atoms with Crippen molar-refractivity contribution in [2.75, 3.05) is 11.4 Å². The van der Waals surface area contributed by atoms with Crippen LogP contribution < -0.4 is 4.31 Å². The van der Waals surface area contributed by atoms with E-state index in [2.05, 4.69) is 0 Å². The molecule has 22 heavy (non-hydrogen) atoms. The Bertz CT molecular complexity index is 771. The lowest BCUT2D eigenvalue weighted by Crippen LogP contribution is -2.27. The number of nitrogens with zero attached hydrogens (tertiary/aromatic N) is 1. The van der Waals surface area contributed by atoms with Crippen LogP contribution in [0.25, 0.3) is 0 Å². The van der Waals surface area contributed by atoms with Crippen LogP contribution in [0.5, 0.6) is 0 Å². The van der Waals surface area contributed by atoms with Crippen molar-refractivity contribution in [1.82, 2.24) is 0 Å². The summed E-state index contributed by atoms with van der Waals surface area (Å²) in [7, 11) is -2.66. The molecule has 0 atom stereocenters. The molecule has 2 aromatic carbocycles. The van der Waals surface area contributed by atoms with E-state index in [-0.39, 0.29) is 16.5 Å². The van der Waals surface area contributed by atoms with Crippen molar-refractivity contribution in [2.24, 2.45) is 0 Å². The minimum absolute atomic E-state index is 0.0584. The Hall–Kier alpha value is -1.95. The number of benzene rings is 2. The Morgan fingerprint density at radius 3 is 2.09 bits per heavy atom. The van der Waals surface area contributed by atoms with Crippen molar-refractivity contribution in [1.29, 1.82) is 0 Å². The van der Waals surface area contributed by atoms with Crippen LogP contribution in [0.15, 0.2) is 47.4 Å².